The van der Waals surface area contributed by atoms with E-state index in [0.29, 0.717) is 22.3 Å². The molecule has 0 aliphatic heterocycles. The molecule has 0 aliphatic rings. The molecule has 0 atom stereocenters. The van der Waals surface area contributed by atoms with Crippen LogP contribution in [0, 0.1) is 6.92 Å². The maximum absolute atomic E-state index is 12.9. The number of ketones is 3. The van der Waals surface area contributed by atoms with Gasteiger partial charge in [-0.2, -0.15) is 0 Å². The summed E-state index contributed by atoms with van der Waals surface area (Å²) in [4.78, 5) is 38.4. The van der Waals surface area contributed by atoms with Crippen LogP contribution < -0.4 is 4.90 Å². The van der Waals surface area contributed by atoms with Gasteiger partial charge in [0.25, 0.3) is 0 Å². The quantitative estimate of drug-likeness (QED) is 0.284. The Hall–Kier alpha value is -4.31. The van der Waals surface area contributed by atoms with Crippen molar-refractivity contribution in [3.8, 4) is 0 Å². The lowest BCUT2D eigenvalue weighted by molar-refractivity contribution is 0.100. The molecule has 0 spiro atoms. The number of nitrogens with zero attached hydrogens (tertiary/aromatic N) is 1. The lowest BCUT2D eigenvalue weighted by Gasteiger charge is -2.26. The number of carbonyl (C=O) groups is 3. The molecule has 4 heteroatoms. The van der Waals surface area contributed by atoms with Crippen molar-refractivity contribution in [2.75, 3.05) is 4.90 Å². The van der Waals surface area contributed by atoms with Gasteiger partial charge in [0.2, 0.25) is 0 Å². The Balaban J connectivity index is 1.73. The zero-order valence-electron chi connectivity index (χ0n) is 19.4. The smallest absolute Gasteiger partial charge is 0.193 e. The lowest BCUT2D eigenvalue weighted by Crippen LogP contribution is -2.11. The fourth-order valence-corrected chi connectivity index (χ4v) is 3.85. The van der Waals surface area contributed by atoms with Crippen molar-refractivity contribution >= 4 is 34.4 Å². The van der Waals surface area contributed by atoms with Crippen molar-refractivity contribution in [3.63, 3.8) is 0 Å². The van der Waals surface area contributed by atoms with Crippen molar-refractivity contribution in [1.82, 2.24) is 0 Å². The summed E-state index contributed by atoms with van der Waals surface area (Å²) in [5.41, 5.74) is 6.14. The summed E-state index contributed by atoms with van der Waals surface area (Å²) in [6, 6.07) is 29.7. The van der Waals surface area contributed by atoms with Gasteiger partial charge in [0, 0.05) is 39.3 Å². The molecule has 0 amide bonds. The third-order valence-corrected chi connectivity index (χ3v) is 5.73. The molecule has 0 saturated carbocycles. The van der Waals surface area contributed by atoms with Gasteiger partial charge in [-0.15, -0.1) is 0 Å². The van der Waals surface area contributed by atoms with Crippen molar-refractivity contribution in [2.45, 2.75) is 20.8 Å². The average molecular weight is 448 g/mol. The van der Waals surface area contributed by atoms with Crippen LogP contribution >= 0.6 is 0 Å². The SMILES string of the molecule is CC(=O)c1ccc(N(c2ccc(C(C)=O)cc2)c2ccc(C(=O)c3cccc(C)c3)cc2)cc1. The molecule has 0 bridgehead atoms. The first kappa shape index (κ1) is 22.9. The van der Waals surface area contributed by atoms with Gasteiger partial charge in [-0.05, 0) is 99.6 Å². The van der Waals surface area contributed by atoms with Gasteiger partial charge < -0.3 is 4.90 Å². The highest BCUT2D eigenvalue weighted by atomic mass is 16.1. The van der Waals surface area contributed by atoms with Crippen LogP contribution in [0.2, 0.25) is 0 Å². The Morgan fingerprint density at radius 1 is 0.529 bits per heavy atom. The van der Waals surface area contributed by atoms with Gasteiger partial charge in [-0.3, -0.25) is 14.4 Å². The van der Waals surface area contributed by atoms with Crippen LogP contribution in [0.4, 0.5) is 17.1 Å². The predicted octanol–water partition coefficient (Wildman–Crippen LogP) is 7.10. The molecule has 168 valence electrons. The average Bonchev–Trinajstić information content (AvgIpc) is 2.85. The Bertz CT molecular complexity index is 1290. The highest BCUT2D eigenvalue weighted by Crippen LogP contribution is 2.35. The van der Waals surface area contributed by atoms with Crippen LogP contribution in [0.3, 0.4) is 0 Å². The van der Waals surface area contributed by atoms with Gasteiger partial charge in [0.05, 0.1) is 0 Å². The van der Waals surface area contributed by atoms with E-state index in [1.54, 1.807) is 24.3 Å². The van der Waals surface area contributed by atoms with E-state index in [9.17, 15) is 14.4 Å². The minimum Gasteiger partial charge on any atom is -0.311 e. The van der Waals surface area contributed by atoms with Gasteiger partial charge in [0.1, 0.15) is 0 Å². The van der Waals surface area contributed by atoms with E-state index in [-0.39, 0.29) is 17.3 Å². The van der Waals surface area contributed by atoms with Crippen molar-refractivity contribution in [2.24, 2.45) is 0 Å². The van der Waals surface area contributed by atoms with E-state index in [4.69, 9.17) is 0 Å². The van der Waals surface area contributed by atoms with Crippen molar-refractivity contribution in [1.29, 1.82) is 0 Å². The Morgan fingerprint density at radius 3 is 1.32 bits per heavy atom. The molecule has 0 fully saturated rings. The van der Waals surface area contributed by atoms with E-state index in [2.05, 4.69) is 0 Å². The maximum atomic E-state index is 12.9. The van der Waals surface area contributed by atoms with Crippen molar-refractivity contribution in [3.05, 3.63) is 125 Å². The van der Waals surface area contributed by atoms with Crippen LogP contribution in [0.25, 0.3) is 0 Å². The Morgan fingerprint density at radius 2 is 0.941 bits per heavy atom. The summed E-state index contributed by atoms with van der Waals surface area (Å²) in [7, 11) is 0. The molecular weight excluding hydrogens is 422 g/mol. The number of hydrogen-bond donors (Lipinski definition) is 0. The third kappa shape index (κ3) is 4.86. The molecule has 0 aliphatic carbocycles. The highest BCUT2D eigenvalue weighted by molar-refractivity contribution is 6.09. The van der Waals surface area contributed by atoms with Gasteiger partial charge >= 0.3 is 0 Å². The van der Waals surface area contributed by atoms with Crippen LogP contribution in [0.15, 0.2) is 97.1 Å². The van der Waals surface area contributed by atoms with Crippen LogP contribution in [-0.4, -0.2) is 17.3 Å². The third-order valence-electron chi connectivity index (χ3n) is 5.73. The highest BCUT2D eigenvalue weighted by Gasteiger charge is 2.15. The molecule has 0 heterocycles. The number of carbonyl (C=O) groups excluding carboxylic acids is 3. The first-order valence-electron chi connectivity index (χ1n) is 11.1. The molecule has 0 N–H and O–H groups in total. The normalized spacial score (nSPS) is 10.6. The van der Waals surface area contributed by atoms with E-state index in [0.717, 1.165) is 22.6 Å². The van der Waals surface area contributed by atoms with Crippen LogP contribution in [0.1, 0.15) is 56.0 Å². The molecule has 0 aromatic heterocycles. The van der Waals surface area contributed by atoms with Crippen LogP contribution in [-0.2, 0) is 0 Å². The van der Waals surface area contributed by atoms with Crippen molar-refractivity contribution < 1.29 is 14.4 Å². The van der Waals surface area contributed by atoms with E-state index >= 15 is 0 Å². The second-order valence-electron chi connectivity index (χ2n) is 8.29. The van der Waals surface area contributed by atoms with E-state index < -0.39 is 0 Å². The fraction of sp³-hybridized carbons (Fsp3) is 0.100. The molecular formula is C30H25NO3. The number of hydrogen-bond acceptors (Lipinski definition) is 4. The molecule has 4 nitrogen and oxygen atoms in total. The molecule has 0 unspecified atom stereocenters. The van der Waals surface area contributed by atoms with Gasteiger partial charge in [-0.1, -0.05) is 23.8 Å². The number of rotatable bonds is 7. The summed E-state index contributed by atoms with van der Waals surface area (Å²) >= 11 is 0. The fourth-order valence-electron chi connectivity index (χ4n) is 3.85. The largest absolute Gasteiger partial charge is 0.311 e. The Kier molecular flexibility index (Phi) is 6.51. The molecule has 4 aromatic carbocycles. The Labute approximate surface area is 199 Å². The molecule has 4 aromatic rings. The first-order valence-corrected chi connectivity index (χ1v) is 11.1. The number of benzene rings is 4. The van der Waals surface area contributed by atoms with Crippen LogP contribution in [0.5, 0.6) is 0 Å². The summed E-state index contributed by atoms with van der Waals surface area (Å²) in [6.45, 7) is 5.04. The topological polar surface area (TPSA) is 54.5 Å². The second kappa shape index (κ2) is 9.67. The summed E-state index contributed by atoms with van der Waals surface area (Å²) in [5, 5.41) is 0. The van der Waals surface area contributed by atoms with E-state index in [1.807, 2.05) is 84.6 Å². The predicted molar refractivity (Wildman–Crippen MR) is 136 cm³/mol. The number of anilines is 3. The number of Topliss-reactive ketones (excluding diaryl/α,β-unsaturated/α-hetero) is 2. The summed E-state index contributed by atoms with van der Waals surface area (Å²) in [5.74, 6) is -0.0238. The zero-order chi connectivity index (χ0) is 24.2. The minimum absolute atomic E-state index is 0.00271. The minimum atomic E-state index is -0.0292. The molecule has 34 heavy (non-hydrogen) atoms. The molecule has 0 radical (unpaired) electrons. The monoisotopic (exact) mass is 447 g/mol. The van der Waals surface area contributed by atoms with Gasteiger partial charge in [0.15, 0.2) is 17.3 Å². The summed E-state index contributed by atoms with van der Waals surface area (Å²) in [6.07, 6.45) is 0. The molecule has 0 saturated heterocycles. The summed E-state index contributed by atoms with van der Waals surface area (Å²) < 4.78 is 0. The van der Waals surface area contributed by atoms with E-state index in [1.165, 1.54) is 13.8 Å². The lowest BCUT2D eigenvalue weighted by atomic mass is 10.0. The second-order valence-corrected chi connectivity index (χ2v) is 8.29. The standard InChI is InChI=1S/C30H25NO3/c1-20-5-4-6-26(19-20)30(34)25-11-17-29(18-12-25)31(27-13-7-23(8-14-27)21(2)32)28-15-9-24(10-16-28)22(3)33/h4-19H,1-3H3. The number of aryl methyl sites for hydroxylation is 1. The first-order chi connectivity index (χ1) is 16.3. The maximum Gasteiger partial charge on any atom is 0.193 e. The molecule has 4 rings (SSSR count). The van der Waals surface area contributed by atoms with Gasteiger partial charge in [-0.25, -0.2) is 0 Å². The zero-order valence-corrected chi connectivity index (χ0v) is 19.4.